The Hall–Kier alpha value is -3.92. The first-order valence-corrected chi connectivity index (χ1v) is 14.0. The molecule has 1 fully saturated rings. The van der Waals surface area contributed by atoms with Crippen LogP contribution in [0.1, 0.15) is 54.6 Å². The van der Waals surface area contributed by atoms with Gasteiger partial charge in [0.25, 0.3) is 5.91 Å². The van der Waals surface area contributed by atoms with Crippen LogP contribution in [0.25, 0.3) is 11.1 Å². The number of amides is 1. The van der Waals surface area contributed by atoms with Gasteiger partial charge in [0.2, 0.25) is 5.78 Å². The third-order valence-electron chi connectivity index (χ3n) is 6.69. The number of rotatable bonds is 7. The lowest BCUT2D eigenvalue weighted by atomic mass is 10.0. The summed E-state index contributed by atoms with van der Waals surface area (Å²) in [5, 5.41) is 0. The normalized spacial score (nSPS) is 14.2. The minimum atomic E-state index is -4.42. The molecule has 0 saturated carbocycles. The number of nitrogens with zero attached hydrogens (tertiary/aromatic N) is 1. The summed E-state index contributed by atoms with van der Waals surface area (Å²) in [6, 6.07) is 15.3. The molecule has 6 nitrogen and oxygen atoms in total. The number of likely N-dealkylation sites (tertiary alicyclic amines) is 1. The largest absolute Gasteiger partial charge is 0.486 e. The molecule has 0 radical (unpaired) electrons. The molecule has 42 heavy (non-hydrogen) atoms. The highest BCUT2D eigenvalue weighted by Gasteiger charge is 2.37. The van der Waals surface area contributed by atoms with Gasteiger partial charge in [-0.25, -0.2) is 4.39 Å². The Balaban J connectivity index is 0.000000222. The average Bonchev–Trinajstić information content (AvgIpc) is 3.51. The lowest BCUT2D eigenvalue weighted by Crippen LogP contribution is -2.22. The van der Waals surface area contributed by atoms with Gasteiger partial charge in [-0.3, -0.25) is 9.59 Å². The molecule has 0 unspecified atom stereocenters. The number of primary amides is 1. The summed E-state index contributed by atoms with van der Waals surface area (Å²) >= 11 is 0. The predicted molar refractivity (Wildman–Crippen MR) is 153 cm³/mol. The molecule has 2 aliphatic heterocycles. The van der Waals surface area contributed by atoms with Crippen LogP contribution >= 0.6 is 0 Å². The number of ether oxygens (including phenoxy) is 2. The Morgan fingerprint density at radius 3 is 2.02 bits per heavy atom. The van der Waals surface area contributed by atoms with Crippen LogP contribution < -0.4 is 15.2 Å². The van der Waals surface area contributed by atoms with Crippen LogP contribution in [0.3, 0.4) is 0 Å². The first kappa shape index (κ1) is 32.6. The van der Waals surface area contributed by atoms with Crippen molar-refractivity contribution in [2.75, 3.05) is 32.8 Å². The standard InChI is InChI=1S/C16H20F3NO2.C14H10FNO2.C2H6/c17-16(18,19)13-10-12(4-3-7-20-5-1-2-6-20)11-14-15(13)22-9-8-21-14;15-12-7-5-10(6-8-12)9-1-3-11(4-2-9)13(17)14(16)18;1-2/h10-11H,1-9H2;1-8H,(H2,16,18);1-2H3. The zero-order valence-corrected chi connectivity index (χ0v) is 23.8. The molecule has 1 amide bonds. The molecule has 0 aliphatic carbocycles. The van der Waals surface area contributed by atoms with Crippen molar-refractivity contribution < 1.29 is 36.6 Å². The molecule has 226 valence electrons. The van der Waals surface area contributed by atoms with E-state index in [-0.39, 0.29) is 29.5 Å². The van der Waals surface area contributed by atoms with Gasteiger partial charge in [-0.1, -0.05) is 50.2 Å². The molecule has 2 aliphatic rings. The zero-order chi connectivity index (χ0) is 30.7. The van der Waals surface area contributed by atoms with Gasteiger partial charge in [0, 0.05) is 5.56 Å². The van der Waals surface area contributed by atoms with Gasteiger partial charge in [0.15, 0.2) is 11.5 Å². The number of carbonyl (C=O) groups is 2. The zero-order valence-electron chi connectivity index (χ0n) is 23.8. The van der Waals surface area contributed by atoms with E-state index >= 15 is 0 Å². The van der Waals surface area contributed by atoms with Gasteiger partial charge in [0.05, 0.1) is 0 Å². The number of hydrogen-bond donors (Lipinski definition) is 1. The van der Waals surface area contributed by atoms with E-state index in [0.717, 1.165) is 37.2 Å². The molecule has 1 saturated heterocycles. The van der Waals surface area contributed by atoms with Crippen LogP contribution in [0, 0.1) is 5.82 Å². The first-order valence-electron chi connectivity index (χ1n) is 14.0. The summed E-state index contributed by atoms with van der Waals surface area (Å²) in [5.74, 6) is -1.95. The van der Waals surface area contributed by atoms with E-state index in [9.17, 15) is 27.2 Å². The van der Waals surface area contributed by atoms with E-state index in [1.54, 1.807) is 30.3 Å². The Bertz CT molecular complexity index is 1320. The average molecular weight is 589 g/mol. The van der Waals surface area contributed by atoms with Crippen LogP contribution in [0.2, 0.25) is 0 Å². The molecule has 0 spiro atoms. The van der Waals surface area contributed by atoms with Gasteiger partial charge in [-0.15, -0.1) is 0 Å². The van der Waals surface area contributed by atoms with Gasteiger partial charge in [0.1, 0.15) is 24.6 Å². The van der Waals surface area contributed by atoms with Gasteiger partial charge in [-0.2, -0.15) is 13.2 Å². The minimum absolute atomic E-state index is 0.157. The van der Waals surface area contributed by atoms with Crippen LogP contribution in [0.15, 0.2) is 60.7 Å². The maximum atomic E-state index is 13.2. The van der Waals surface area contributed by atoms with E-state index in [0.29, 0.717) is 18.6 Å². The van der Waals surface area contributed by atoms with Crippen molar-refractivity contribution in [2.45, 2.75) is 45.7 Å². The van der Waals surface area contributed by atoms with Crippen molar-refractivity contribution in [1.29, 1.82) is 0 Å². The number of Topliss-reactive ketones (excluding diaryl/α,β-unsaturated/α-hetero) is 1. The van der Waals surface area contributed by atoms with Crippen LogP contribution in [-0.4, -0.2) is 49.4 Å². The fraction of sp³-hybridized carbons (Fsp3) is 0.375. The van der Waals surface area contributed by atoms with E-state index in [2.05, 4.69) is 4.90 Å². The number of halogens is 4. The number of aryl methyl sites for hydroxylation is 1. The topological polar surface area (TPSA) is 81.9 Å². The quantitative estimate of drug-likeness (QED) is 0.189. The van der Waals surface area contributed by atoms with Gasteiger partial charge in [-0.05, 0) is 86.3 Å². The molecule has 3 aromatic rings. The van der Waals surface area contributed by atoms with Gasteiger partial charge >= 0.3 is 6.18 Å². The van der Waals surface area contributed by atoms with Crippen molar-refractivity contribution in [2.24, 2.45) is 5.73 Å². The first-order chi connectivity index (χ1) is 20.1. The third kappa shape index (κ3) is 9.04. The van der Waals surface area contributed by atoms with E-state index in [1.807, 2.05) is 13.8 Å². The summed E-state index contributed by atoms with van der Waals surface area (Å²) in [5.41, 5.74) is 6.75. The lowest BCUT2D eigenvalue weighted by molar-refractivity contribution is -0.139. The number of ketones is 1. The van der Waals surface area contributed by atoms with Crippen LogP contribution in [-0.2, 0) is 17.4 Å². The van der Waals surface area contributed by atoms with Crippen molar-refractivity contribution in [1.82, 2.24) is 4.90 Å². The predicted octanol–water partition coefficient (Wildman–Crippen LogP) is 6.69. The summed E-state index contributed by atoms with van der Waals surface area (Å²) in [4.78, 5) is 24.4. The molecule has 0 atom stereocenters. The molecule has 0 bridgehead atoms. The number of nitrogens with two attached hydrogens (primary N) is 1. The summed E-state index contributed by atoms with van der Waals surface area (Å²) in [6.45, 7) is 7.60. The highest BCUT2D eigenvalue weighted by molar-refractivity contribution is 6.42. The second-order valence-electron chi connectivity index (χ2n) is 9.60. The number of alkyl halides is 3. The minimum Gasteiger partial charge on any atom is -0.486 e. The van der Waals surface area contributed by atoms with Crippen molar-refractivity contribution in [3.63, 3.8) is 0 Å². The van der Waals surface area contributed by atoms with Crippen LogP contribution in [0.4, 0.5) is 17.6 Å². The molecule has 10 heteroatoms. The molecule has 5 rings (SSSR count). The summed E-state index contributed by atoms with van der Waals surface area (Å²) < 4.78 is 62.8. The Morgan fingerprint density at radius 2 is 1.45 bits per heavy atom. The van der Waals surface area contributed by atoms with Crippen molar-refractivity contribution in [3.8, 4) is 22.6 Å². The molecule has 2 N–H and O–H groups in total. The Labute approximate surface area is 243 Å². The molecular formula is C32H36F4N2O4. The number of fused-ring (bicyclic) bond motifs is 1. The van der Waals surface area contributed by atoms with E-state index in [4.69, 9.17) is 15.2 Å². The summed E-state index contributed by atoms with van der Waals surface area (Å²) in [6.07, 6.45) is -0.493. The monoisotopic (exact) mass is 588 g/mol. The lowest BCUT2D eigenvalue weighted by Gasteiger charge is -2.23. The number of benzene rings is 3. The van der Waals surface area contributed by atoms with Gasteiger partial charge < -0.3 is 20.1 Å². The van der Waals surface area contributed by atoms with E-state index in [1.165, 1.54) is 43.2 Å². The molecule has 0 aromatic heterocycles. The number of carbonyl (C=O) groups excluding carboxylic acids is 2. The molecule has 2 heterocycles. The second-order valence-corrected chi connectivity index (χ2v) is 9.60. The van der Waals surface area contributed by atoms with Crippen LogP contribution in [0.5, 0.6) is 11.5 Å². The number of hydrogen-bond acceptors (Lipinski definition) is 5. The van der Waals surface area contributed by atoms with Crippen molar-refractivity contribution in [3.05, 3.63) is 83.2 Å². The smallest absolute Gasteiger partial charge is 0.420 e. The third-order valence-corrected chi connectivity index (χ3v) is 6.69. The van der Waals surface area contributed by atoms with E-state index < -0.39 is 23.4 Å². The Kier molecular flexibility index (Phi) is 11.9. The molecule has 3 aromatic carbocycles. The highest BCUT2D eigenvalue weighted by atomic mass is 19.4. The van der Waals surface area contributed by atoms with Crippen molar-refractivity contribution >= 4 is 11.7 Å². The Morgan fingerprint density at radius 1 is 0.881 bits per heavy atom. The highest BCUT2D eigenvalue weighted by Crippen LogP contribution is 2.44. The second kappa shape index (κ2) is 15.3. The fourth-order valence-corrected chi connectivity index (χ4v) is 4.68. The summed E-state index contributed by atoms with van der Waals surface area (Å²) in [7, 11) is 0. The SMILES string of the molecule is CC.FC(F)(F)c1cc(CCCN2CCCC2)cc2c1OCCO2.NC(=O)C(=O)c1ccc(-c2ccc(F)cc2)cc1. The fourth-order valence-electron chi connectivity index (χ4n) is 4.68. The maximum absolute atomic E-state index is 13.2. The maximum Gasteiger partial charge on any atom is 0.420 e. The molecular weight excluding hydrogens is 552 g/mol.